The van der Waals surface area contributed by atoms with E-state index in [1.807, 2.05) is 71.4 Å². The molecule has 0 amide bonds. The molecule has 7 heteroatoms. The number of methoxy groups -OCH3 is 1. The number of fused-ring (bicyclic) bond motifs is 1. The fraction of sp³-hybridized carbons (Fsp3) is 0.111. The van der Waals surface area contributed by atoms with Crippen molar-refractivity contribution in [3.05, 3.63) is 107 Å². The third-order valence-electron chi connectivity index (χ3n) is 5.77. The molecule has 2 heterocycles. The molecular weight excluding hydrogens is 428 g/mol. The molecule has 0 aliphatic rings. The highest BCUT2D eigenvalue weighted by Gasteiger charge is 2.14. The predicted octanol–water partition coefficient (Wildman–Crippen LogP) is 4.30. The van der Waals surface area contributed by atoms with Gasteiger partial charge in [0, 0.05) is 18.2 Å². The van der Waals surface area contributed by atoms with Gasteiger partial charge in [0.25, 0.3) is 5.56 Å². The van der Waals surface area contributed by atoms with E-state index in [9.17, 15) is 9.59 Å². The molecule has 0 spiro atoms. The molecule has 0 saturated heterocycles. The lowest BCUT2D eigenvalue weighted by Crippen LogP contribution is -2.16. The molecule has 3 aromatic carbocycles. The minimum Gasteiger partial charge on any atom is -0.465 e. The number of hydrogen-bond donors (Lipinski definition) is 0. The first kappa shape index (κ1) is 21.3. The smallest absolute Gasteiger partial charge is 0.337 e. The number of aromatic nitrogens is 4. The van der Waals surface area contributed by atoms with Crippen molar-refractivity contribution in [1.82, 2.24) is 19.3 Å². The van der Waals surface area contributed by atoms with Crippen LogP contribution < -0.4 is 5.56 Å². The molecule has 34 heavy (non-hydrogen) atoms. The van der Waals surface area contributed by atoms with Crippen LogP contribution in [0.15, 0.2) is 90.0 Å². The molecule has 0 saturated carbocycles. The number of esters is 1. The monoisotopic (exact) mass is 450 g/mol. The molecule has 0 aliphatic carbocycles. The molecule has 5 aromatic rings. The molecule has 0 fully saturated rings. The van der Waals surface area contributed by atoms with Gasteiger partial charge in [-0.3, -0.25) is 9.48 Å². The fourth-order valence-corrected chi connectivity index (χ4v) is 3.93. The van der Waals surface area contributed by atoms with Gasteiger partial charge < -0.3 is 9.30 Å². The Kier molecular flexibility index (Phi) is 5.51. The lowest BCUT2D eigenvalue weighted by atomic mass is 10.1. The minimum absolute atomic E-state index is 0.0976. The summed E-state index contributed by atoms with van der Waals surface area (Å²) < 4.78 is 8.18. The zero-order chi connectivity index (χ0) is 23.7. The Morgan fingerprint density at radius 3 is 2.44 bits per heavy atom. The topological polar surface area (TPSA) is 79.0 Å². The van der Waals surface area contributed by atoms with E-state index < -0.39 is 0 Å². The van der Waals surface area contributed by atoms with Crippen LogP contribution in [0.1, 0.15) is 15.9 Å². The number of carbonyl (C=O) groups excluding carboxylic acids is 1. The molecule has 5 rings (SSSR count). The summed E-state index contributed by atoms with van der Waals surface area (Å²) >= 11 is 0. The highest BCUT2D eigenvalue weighted by atomic mass is 16.5. The first-order valence-corrected chi connectivity index (χ1v) is 10.8. The first-order chi connectivity index (χ1) is 16.5. The van der Waals surface area contributed by atoms with Crippen molar-refractivity contribution >= 4 is 16.9 Å². The Bertz CT molecular complexity index is 1550. The summed E-state index contributed by atoms with van der Waals surface area (Å²) in [4.78, 5) is 28.8. The van der Waals surface area contributed by atoms with Gasteiger partial charge >= 0.3 is 5.97 Å². The van der Waals surface area contributed by atoms with Crippen LogP contribution in [0, 0.1) is 0 Å². The molecular formula is C27H22N4O3. The summed E-state index contributed by atoms with van der Waals surface area (Å²) in [5.74, 6) is -0.371. The van der Waals surface area contributed by atoms with Crippen molar-refractivity contribution in [1.29, 1.82) is 0 Å². The Hall–Kier alpha value is -4.52. The van der Waals surface area contributed by atoms with Crippen LogP contribution in [0.2, 0.25) is 0 Å². The van der Waals surface area contributed by atoms with Crippen LogP contribution in [-0.4, -0.2) is 32.4 Å². The lowest BCUT2D eigenvalue weighted by Gasteiger charge is -2.09. The van der Waals surface area contributed by atoms with E-state index in [2.05, 4.69) is 4.98 Å². The number of carbonyl (C=O) groups is 1. The van der Waals surface area contributed by atoms with Gasteiger partial charge in [-0.05, 0) is 35.9 Å². The standard InChI is InChI=1S/C27H22N4O3/c1-30-17-28-23-13-12-21(14-22(23)26(30)32)25-15-24(19-6-4-3-5-7-19)29-31(25)16-18-8-10-20(11-9-18)27(33)34-2/h3-15,17H,16H2,1-2H3. The zero-order valence-electron chi connectivity index (χ0n) is 18.8. The van der Waals surface area contributed by atoms with Crippen molar-refractivity contribution in [2.75, 3.05) is 7.11 Å². The maximum Gasteiger partial charge on any atom is 0.337 e. The molecule has 0 atom stereocenters. The largest absolute Gasteiger partial charge is 0.465 e. The van der Waals surface area contributed by atoms with Crippen molar-refractivity contribution in [2.24, 2.45) is 7.05 Å². The lowest BCUT2D eigenvalue weighted by molar-refractivity contribution is 0.0600. The van der Waals surface area contributed by atoms with Gasteiger partial charge in [-0.2, -0.15) is 5.10 Å². The Morgan fingerprint density at radius 1 is 0.941 bits per heavy atom. The number of hydrogen-bond acceptors (Lipinski definition) is 5. The number of aryl methyl sites for hydroxylation is 1. The fourth-order valence-electron chi connectivity index (χ4n) is 3.93. The summed E-state index contributed by atoms with van der Waals surface area (Å²) in [6.45, 7) is 0.493. The van der Waals surface area contributed by atoms with E-state index in [0.717, 1.165) is 28.1 Å². The average molecular weight is 450 g/mol. The van der Waals surface area contributed by atoms with Gasteiger partial charge in [0.2, 0.25) is 0 Å². The Morgan fingerprint density at radius 2 is 1.71 bits per heavy atom. The molecule has 0 unspecified atom stereocenters. The Balaban J connectivity index is 1.61. The van der Waals surface area contributed by atoms with Crippen molar-refractivity contribution in [2.45, 2.75) is 6.54 Å². The van der Waals surface area contributed by atoms with Crippen LogP contribution in [0.4, 0.5) is 0 Å². The maximum absolute atomic E-state index is 12.7. The highest BCUT2D eigenvalue weighted by Crippen LogP contribution is 2.28. The predicted molar refractivity (Wildman–Crippen MR) is 131 cm³/mol. The number of rotatable bonds is 5. The third kappa shape index (κ3) is 3.99. The van der Waals surface area contributed by atoms with Gasteiger partial charge in [-0.25, -0.2) is 9.78 Å². The van der Waals surface area contributed by atoms with Crippen LogP contribution in [-0.2, 0) is 18.3 Å². The van der Waals surface area contributed by atoms with Crippen molar-refractivity contribution in [3.8, 4) is 22.5 Å². The van der Waals surface area contributed by atoms with E-state index >= 15 is 0 Å². The van der Waals surface area contributed by atoms with E-state index in [4.69, 9.17) is 9.84 Å². The summed E-state index contributed by atoms with van der Waals surface area (Å²) in [5.41, 5.74) is 5.62. The van der Waals surface area contributed by atoms with Crippen molar-refractivity contribution < 1.29 is 9.53 Å². The minimum atomic E-state index is -0.371. The summed E-state index contributed by atoms with van der Waals surface area (Å²) in [5, 5.41) is 5.43. The molecule has 7 nitrogen and oxygen atoms in total. The molecule has 0 bridgehead atoms. The van der Waals surface area contributed by atoms with Gasteiger partial charge in [0.05, 0.1) is 47.8 Å². The summed E-state index contributed by atoms with van der Waals surface area (Å²) in [6, 6.07) is 24.9. The van der Waals surface area contributed by atoms with Crippen LogP contribution >= 0.6 is 0 Å². The third-order valence-corrected chi connectivity index (χ3v) is 5.77. The molecule has 2 aromatic heterocycles. The highest BCUT2D eigenvalue weighted by molar-refractivity contribution is 5.89. The second kappa shape index (κ2) is 8.78. The molecule has 0 aliphatic heterocycles. The van der Waals surface area contributed by atoms with Gasteiger partial charge in [0.15, 0.2) is 0 Å². The van der Waals surface area contributed by atoms with E-state index in [0.29, 0.717) is 23.0 Å². The van der Waals surface area contributed by atoms with E-state index in [1.54, 1.807) is 19.2 Å². The van der Waals surface area contributed by atoms with Crippen LogP contribution in [0.3, 0.4) is 0 Å². The molecule has 0 N–H and O–H groups in total. The molecule has 0 radical (unpaired) electrons. The quantitative estimate of drug-likeness (QED) is 0.373. The van der Waals surface area contributed by atoms with Crippen molar-refractivity contribution in [3.63, 3.8) is 0 Å². The SMILES string of the molecule is COC(=O)c1ccc(Cn2nc(-c3ccccc3)cc2-c2ccc3ncn(C)c(=O)c3c2)cc1. The zero-order valence-corrected chi connectivity index (χ0v) is 18.8. The van der Waals surface area contributed by atoms with E-state index in [1.165, 1.54) is 18.0 Å². The first-order valence-electron chi connectivity index (χ1n) is 10.8. The summed E-state index contributed by atoms with van der Waals surface area (Å²) in [6.07, 6.45) is 1.53. The van der Waals surface area contributed by atoms with E-state index in [-0.39, 0.29) is 11.5 Å². The number of ether oxygens (including phenoxy) is 1. The van der Waals surface area contributed by atoms with Crippen LogP contribution in [0.5, 0.6) is 0 Å². The second-order valence-corrected chi connectivity index (χ2v) is 8.02. The maximum atomic E-state index is 12.7. The number of nitrogens with zero attached hydrogens (tertiary/aromatic N) is 4. The molecule has 168 valence electrons. The normalized spacial score (nSPS) is 11.0. The number of benzene rings is 3. The van der Waals surface area contributed by atoms with Crippen LogP contribution in [0.25, 0.3) is 33.4 Å². The van der Waals surface area contributed by atoms with Gasteiger partial charge in [-0.1, -0.05) is 48.5 Å². The second-order valence-electron chi connectivity index (χ2n) is 8.02. The summed E-state index contributed by atoms with van der Waals surface area (Å²) in [7, 11) is 3.06. The average Bonchev–Trinajstić information content (AvgIpc) is 3.30. The Labute approximate surface area is 195 Å². The van der Waals surface area contributed by atoms with Gasteiger partial charge in [-0.15, -0.1) is 0 Å². The van der Waals surface area contributed by atoms with Gasteiger partial charge in [0.1, 0.15) is 0 Å².